The van der Waals surface area contributed by atoms with Gasteiger partial charge in [0.25, 0.3) is 5.91 Å². The maximum absolute atomic E-state index is 15.6. The molecule has 0 radical (unpaired) electrons. The van der Waals surface area contributed by atoms with E-state index in [0.29, 0.717) is 49.0 Å². The smallest absolute Gasteiger partial charge is 0.338 e. The van der Waals surface area contributed by atoms with E-state index < -0.39 is 17.7 Å². The number of nitrogens with zero attached hydrogens (tertiary/aromatic N) is 3. The number of methoxy groups -OCH3 is 1. The fourth-order valence-electron chi connectivity index (χ4n) is 6.14. The predicted octanol–water partition coefficient (Wildman–Crippen LogP) is 5.62. The number of quaternary nitrogens is 1. The lowest BCUT2D eigenvalue weighted by Crippen LogP contribution is -2.71. The number of aromatic nitrogens is 1. The van der Waals surface area contributed by atoms with E-state index in [1.165, 1.54) is 23.7 Å². The molecule has 1 unspecified atom stereocenters. The summed E-state index contributed by atoms with van der Waals surface area (Å²) in [4.78, 5) is 43.8. The van der Waals surface area contributed by atoms with Gasteiger partial charge in [0.15, 0.2) is 11.0 Å². The highest BCUT2D eigenvalue weighted by Gasteiger charge is 2.58. The monoisotopic (exact) mass is 641 g/mol. The van der Waals surface area contributed by atoms with Crippen molar-refractivity contribution in [2.24, 2.45) is 0 Å². The number of anilines is 1. The number of carboxylic acids is 1. The van der Waals surface area contributed by atoms with Gasteiger partial charge in [-0.2, -0.15) is 4.59 Å². The number of hydrogen-bond donors (Lipinski definition) is 2. The minimum Gasteiger partial charge on any atom is -0.481 e. The second kappa shape index (κ2) is 12.4. The molecule has 0 bridgehead atoms. The van der Waals surface area contributed by atoms with Gasteiger partial charge in [0.05, 0.1) is 48.3 Å². The highest BCUT2D eigenvalue weighted by molar-refractivity contribution is 7.11. The van der Waals surface area contributed by atoms with E-state index in [-0.39, 0.29) is 51.8 Å². The molecule has 44 heavy (non-hydrogen) atoms. The zero-order valence-corrected chi connectivity index (χ0v) is 25.5. The van der Waals surface area contributed by atoms with Gasteiger partial charge in [-0.15, -0.1) is 16.3 Å². The fourth-order valence-corrected chi connectivity index (χ4v) is 7.48. The summed E-state index contributed by atoms with van der Waals surface area (Å²) in [6, 6.07) is 9.34. The number of halogens is 2. The molecule has 0 spiro atoms. The van der Waals surface area contributed by atoms with Crippen molar-refractivity contribution in [1.29, 1.82) is 0 Å². The van der Waals surface area contributed by atoms with Gasteiger partial charge in [0, 0.05) is 42.0 Å². The second-order valence-electron chi connectivity index (χ2n) is 11.1. The number of benzene rings is 2. The van der Waals surface area contributed by atoms with Gasteiger partial charge < -0.3 is 19.6 Å². The highest BCUT2D eigenvalue weighted by Crippen LogP contribution is 2.45. The van der Waals surface area contributed by atoms with Gasteiger partial charge >= 0.3 is 11.9 Å². The van der Waals surface area contributed by atoms with Crippen LogP contribution in [0.3, 0.4) is 0 Å². The molecule has 2 fully saturated rings. The van der Waals surface area contributed by atoms with E-state index in [1.807, 2.05) is 0 Å². The first kappa shape index (κ1) is 30.4. The summed E-state index contributed by atoms with van der Waals surface area (Å²) in [5.74, 6) is -2.23. The molecular formula is C31H31ClFN4O6S+. The minimum atomic E-state index is -0.881. The van der Waals surface area contributed by atoms with Crippen molar-refractivity contribution < 1.29 is 37.6 Å². The third kappa shape index (κ3) is 5.64. The molecule has 2 N–H and O–H groups in total. The standard InChI is InChI=1S/C31H30ClFN4O6S/c1-42-19-15-36(16-19)37(10-4-6-26(37)31-34-14-20(44-31)8-9-29(39)40)28(38)12-18-11-23(32)25(13-24(18)33)35-30(41)22-17-43-27-7-3-2-5-21(22)27/h2-3,5,7,11,13-14,17,19,26H,4,6,8-10,12,15-16H2,1H3,(H-,35,39,40,41)/p+1/t26-,37?/m0/s1. The molecule has 4 heterocycles. The zero-order valence-electron chi connectivity index (χ0n) is 23.9. The van der Waals surface area contributed by atoms with Gasteiger partial charge in [-0.1, -0.05) is 29.8 Å². The van der Waals surface area contributed by atoms with Crippen LogP contribution in [0, 0.1) is 5.82 Å². The average molecular weight is 642 g/mol. The van der Waals surface area contributed by atoms with Crippen LogP contribution in [-0.4, -0.2) is 70.3 Å². The van der Waals surface area contributed by atoms with Crippen LogP contribution in [0.5, 0.6) is 0 Å². The SMILES string of the molecule is COC1CN([N+]2(C(=O)Cc3cc(Cl)c(NC(=O)c4coc5ccccc45)cc3F)CCC[C@H]2c2ncc(CCC(=O)O)s2)C1. The topological polar surface area (TPSA) is 122 Å². The zero-order chi connectivity index (χ0) is 31.0. The largest absolute Gasteiger partial charge is 0.481 e. The summed E-state index contributed by atoms with van der Waals surface area (Å²) in [6.45, 7) is 1.63. The van der Waals surface area contributed by atoms with Crippen LogP contribution in [0.25, 0.3) is 11.0 Å². The first-order valence-corrected chi connectivity index (χ1v) is 15.5. The summed E-state index contributed by atoms with van der Waals surface area (Å²) in [5, 5.41) is 15.3. The van der Waals surface area contributed by atoms with Crippen LogP contribution in [0.4, 0.5) is 10.1 Å². The molecule has 2 atom stereocenters. The molecule has 2 saturated heterocycles. The van der Waals surface area contributed by atoms with Gasteiger partial charge in [-0.05, 0) is 24.6 Å². The predicted molar refractivity (Wildman–Crippen MR) is 162 cm³/mol. The van der Waals surface area contributed by atoms with Crippen LogP contribution in [0.15, 0.2) is 53.3 Å². The van der Waals surface area contributed by atoms with E-state index in [1.54, 1.807) is 37.6 Å². The molecule has 6 rings (SSSR count). The first-order chi connectivity index (χ1) is 21.2. The minimum absolute atomic E-state index is 0.00201. The molecule has 0 saturated carbocycles. The van der Waals surface area contributed by atoms with E-state index in [2.05, 4.69) is 15.3 Å². The molecule has 4 aromatic rings. The lowest BCUT2D eigenvalue weighted by Gasteiger charge is -2.50. The molecule has 2 aliphatic heterocycles. The number of para-hydroxylation sites is 1. The van der Waals surface area contributed by atoms with E-state index in [0.717, 1.165) is 22.4 Å². The number of fused-ring (bicyclic) bond motifs is 1. The number of amides is 2. The third-order valence-electron chi connectivity index (χ3n) is 8.48. The van der Waals surface area contributed by atoms with Gasteiger partial charge in [0.1, 0.15) is 24.2 Å². The van der Waals surface area contributed by atoms with Crippen LogP contribution >= 0.6 is 22.9 Å². The van der Waals surface area contributed by atoms with Gasteiger partial charge in [-0.3, -0.25) is 9.59 Å². The lowest BCUT2D eigenvalue weighted by molar-refractivity contribution is -0.993. The van der Waals surface area contributed by atoms with Crippen molar-refractivity contribution in [3.05, 3.63) is 80.7 Å². The number of aryl methyl sites for hydroxylation is 1. The van der Waals surface area contributed by atoms with Gasteiger partial charge in [0.2, 0.25) is 0 Å². The Labute approximate surface area is 261 Å². The maximum atomic E-state index is 15.6. The normalized spacial score (nSPS) is 20.6. The Morgan fingerprint density at radius 2 is 2.07 bits per heavy atom. The number of thiazole rings is 1. The third-order valence-corrected chi connectivity index (χ3v) is 9.96. The number of carbonyl (C=O) groups is 3. The Morgan fingerprint density at radius 3 is 2.84 bits per heavy atom. The van der Waals surface area contributed by atoms with Crippen LogP contribution in [0.1, 0.15) is 51.1 Å². The van der Waals surface area contributed by atoms with Crippen molar-refractivity contribution in [2.75, 3.05) is 32.1 Å². The first-order valence-electron chi connectivity index (χ1n) is 14.3. The number of furan rings is 1. The second-order valence-corrected chi connectivity index (χ2v) is 12.6. The maximum Gasteiger partial charge on any atom is 0.338 e. The average Bonchev–Trinajstić information content (AvgIpc) is 3.72. The number of aliphatic carboxylic acids is 1. The molecule has 2 amide bonds. The van der Waals surface area contributed by atoms with Crippen molar-refractivity contribution in [3.8, 4) is 0 Å². The van der Waals surface area contributed by atoms with Gasteiger partial charge in [-0.25, -0.2) is 14.2 Å². The number of ether oxygens (including phenoxy) is 1. The number of rotatable bonds is 10. The molecule has 2 aromatic heterocycles. The lowest BCUT2D eigenvalue weighted by atomic mass is 10.1. The Morgan fingerprint density at radius 1 is 1.27 bits per heavy atom. The molecule has 10 nitrogen and oxygen atoms in total. The molecule has 13 heteroatoms. The van der Waals surface area contributed by atoms with Crippen LogP contribution in [-0.2, 0) is 27.2 Å². The summed E-state index contributed by atoms with van der Waals surface area (Å²) in [7, 11) is 1.64. The van der Waals surface area contributed by atoms with Crippen molar-refractivity contribution in [1.82, 2.24) is 9.99 Å². The van der Waals surface area contributed by atoms with Crippen molar-refractivity contribution in [3.63, 3.8) is 0 Å². The summed E-state index contributed by atoms with van der Waals surface area (Å²) < 4.78 is 26.5. The van der Waals surface area contributed by atoms with E-state index in [9.17, 15) is 14.4 Å². The molecule has 2 aliphatic rings. The Bertz CT molecular complexity index is 1740. The van der Waals surface area contributed by atoms with Crippen LogP contribution in [0.2, 0.25) is 5.02 Å². The highest BCUT2D eigenvalue weighted by atomic mass is 35.5. The molecule has 0 aliphatic carbocycles. The van der Waals surface area contributed by atoms with E-state index in [4.69, 9.17) is 25.9 Å². The molecular weight excluding hydrogens is 611 g/mol. The van der Waals surface area contributed by atoms with Crippen molar-refractivity contribution in [2.45, 2.75) is 44.2 Å². The number of carboxylic acid groups (broad SMARTS) is 1. The fraction of sp³-hybridized carbons (Fsp3) is 0.355. The Hall–Kier alpha value is -3.68. The summed E-state index contributed by atoms with van der Waals surface area (Å²) >= 11 is 7.95. The Kier molecular flexibility index (Phi) is 8.53. The molecule has 2 aromatic carbocycles. The number of likely N-dealkylation sites (tertiary alicyclic amines) is 1. The summed E-state index contributed by atoms with van der Waals surface area (Å²) in [6.07, 6.45) is 4.65. The number of carbonyl (C=O) groups excluding carboxylic acids is 2. The summed E-state index contributed by atoms with van der Waals surface area (Å²) in [5.41, 5.74) is 1.05. The molecule has 230 valence electrons. The number of nitrogens with one attached hydrogen (secondary N) is 1. The van der Waals surface area contributed by atoms with Crippen molar-refractivity contribution >= 4 is 57.4 Å². The quantitative estimate of drug-likeness (QED) is 0.214. The van der Waals surface area contributed by atoms with E-state index >= 15 is 4.39 Å². The number of hydrogen-bond acceptors (Lipinski definition) is 8. The Balaban J connectivity index is 1.24. The van der Waals surface area contributed by atoms with Crippen LogP contribution < -0.4 is 5.32 Å².